The zero-order valence-electron chi connectivity index (χ0n) is 12.6. The van der Waals surface area contributed by atoms with Crippen molar-refractivity contribution in [2.45, 2.75) is 58.7 Å². The van der Waals surface area contributed by atoms with E-state index >= 15 is 0 Å². The summed E-state index contributed by atoms with van der Waals surface area (Å²) in [6, 6.07) is -0.0144. The Balaban J connectivity index is 2.58. The smallest absolute Gasteiger partial charge is 0.241 e. The summed E-state index contributed by atoms with van der Waals surface area (Å²) in [5.41, 5.74) is 0. The molecule has 0 aromatic carbocycles. The Morgan fingerprint density at radius 2 is 2.05 bits per heavy atom. The molecule has 3 unspecified atom stereocenters. The Labute approximate surface area is 119 Å². The van der Waals surface area contributed by atoms with E-state index in [0.29, 0.717) is 11.7 Å². The van der Waals surface area contributed by atoms with Gasteiger partial charge in [0.15, 0.2) is 0 Å². The maximum absolute atomic E-state index is 12.4. The van der Waals surface area contributed by atoms with E-state index in [1.807, 2.05) is 4.90 Å². The van der Waals surface area contributed by atoms with E-state index in [2.05, 4.69) is 26.1 Å². The minimum atomic E-state index is -0.771. The Bertz CT molecular complexity index is 321. The van der Waals surface area contributed by atoms with Crippen LogP contribution in [0.15, 0.2) is 0 Å². The molecule has 0 aromatic rings. The molecule has 1 heterocycles. The van der Waals surface area contributed by atoms with Crippen LogP contribution in [0.1, 0.15) is 46.5 Å². The minimum Gasteiger partial charge on any atom is -0.326 e. The lowest BCUT2D eigenvalue weighted by Gasteiger charge is -2.27. The first-order chi connectivity index (χ1) is 8.97. The molecule has 1 rings (SSSR count). The molecule has 1 fully saturated rings. The topological polar surface area (TPSA) is 49.4 Å². The fraction of sp³-hybridized carbons (Fsp3) is 0.929. The highest BCUT2D eigenvalue weighted by Crippen LogP contribution is 2.20. The summed E-state index contributed by atoms with van der Waals surface area (Å²) in [6.07, 6.45) is 5.80. The van der Waals surface area contributed by atoms with Gasteiger partial charge in [-0.05, 0) is 18.8 Å². The molecule has 112 valence electrons. The quantitative estimate of drug-likeness (QED) is 0.740. The largest absolute Gasteiger partial charge is 0.326 e. The first-order valence-electron chi connectivity index (χ1n) is 7.34. The van der Waals surface area contributed by atoms with Crippen LogP contribution in [0.25, 0.3) is 0 Å². The molecule has 19 heavy (non-hydrogen) atoms. The summed E-state index contributed by atoms with van der Waals surface area (Å²) in [6.45, 7) is 7.14. The number of carbonyl (C=O) groups is 1. The summed E-state index contributed by atoms with van der Waals surface area (Å²) in [5.74, 6) is 1.31. The van der Waals surface area contributed by atoms with Gasteiger partial charge in [0.25, 0.3) is 0 Å². The molecular weight excluding hydrogens is 260 g/mol. The maximum Gasteiger partial charge on any atom is 0.241 e. The third kappa shape index (κ3) is 4.88. The summed E-state index contributed by atoms with van der Waals surface area (Å²) >= 11 is 0. The predicted molar refractivity (Wildman–Crippen MR) is 80.3 cm³/mol. The van der Waals surface area contributed by atoms with Gasteiger partial charge in [0.1, 0.15) is 0 Å². The van der Waals surface area contributed by atoms with Crippen molar-refractivity contribution in [1.29, 1.82) is 0 Å². The van der Waals surface area contributed by atoms with Crippen molar-refractivity contribution in [2.24, 2.45) is 5.92 Å². The zero-order valence-corrected chi connectivity index (χ0v) is 13.5. The van der Waals surface area contributed by atoms with Crippen molar-refractivity contribution in [1.82, 2.24) is 10.2 Å². The van der Waals surface area contributed by atoms with Crippen molar-refractivity contribution in [2.75, 3.05) is 18.6 Å². The molecule has 1 N–H and O–H groups in total. The van der Waals surface area contributed by atoms with E-state index in [4.69, 9.17) is 0 Å². The predicted octanol–water partition coefficient (Wildman–Crippen LogP) is 1.73. The minimum absolute atomic E-state index is 0.0144. The van der Waals surface area contributed by atoms with Crippen LogP contribution in [-0.4, -0.2) is 45.8 Å². The lowest BCUT2D eigenvalue weighted by atomic mass is 10.1. The molecule has 0 aliphatic carbocycles. The summed E-state index contributed by atoms with van der Waals surface area (Å²) in [4.78, 5) is 14.3. The number of nitrogens with zero attached hydrogens (tertiary/aromatic N) is 1. The van der Waals surface area contributed by atoms with Crippen LogP contribution in [0.2, 0.25) is 0 Å². The van der Waals surface area contributed by atoms with E-state index in [0.717, 1.165) is 32.2 Å². The molecule has 5 heteroatoms. The Morgan fingerprint density at radius 3 is 2.58 bits per heavy atom. The fourth-order valence-electron chi connectivity index (χ4n) is 2.56. The Kier molecular flexibility index (Phi) is 7.00. The molecule has 1 aliphatic rings. The van der Waals surface area contributed by atoms with Gasteiger partial charge in [-0.1, -0.05) is 33.6 Å². The standard InChI is InChI=1S/C14H28N2O2S/c1-5-6-8-12-14(17)16(9-7-10-19(4)18)13(15-12)11(2)3/h11-13,15H,5-10H2,1-4H3. The number of hydrogen-bond acceptors (Lipinski definition) is 3. The number of hydrogen-bond donors (Lipinski definition) is 1. The van der Waals surface area contributed by atoms with E-state index in [9.17, 15) is 9.00 Å². The molecule has 3 atom stereocenters. The highest BCUT2D eigenvalue weighted by molar-refractivity contribution is 7.84. The van der Waals surface area contributed by atoms with E-state index < -0.39 is 10.8 Å². The highest BCUT2D eigenvalue weighted by Gasteiger charge is 2.39. The molecule has 0 bridgehead atoms. The van der Waals surface area contributed by atoms with Crippen LogP contribution >= 0.6 is 0 Å². The second kappa shape index (κ2) is 8.00. The molecule has 0 aromatic heterocycles. The van der Waals surface area contributed by atoms with Crippen LogP contribution in [-0.2, 0) is 15.6 Å². The summed E-state index contributed by atoms with van der Waals surface area (Å²) in [5, 5.41) is 3.46. The molecule has 1 aliphatic heterocycles. The molecule has 1 amide bonds. The van der Waals surface area contributed by atoms with Crippen LogP contribution in [0.5, 0.6) is 0 Å². The molecular formula is C14H28N2O2S. The second-order valence-corrected chi connectivity index (χ2v) is 7.27. The average Bonchev–Trinajstić information content (AvgIpc) is 2.64. The summed E-state index contributed by atoms with van der Waals surface area (Å²) < 4.78 is 11.1. The van der Waals surface area contributed by atoms with Gasteiger partial charge in [-0.2, -0.15) is 0 Å². The van der Waals surface area contributed by atoms with E-state index in [1.165, 1.54) is 0 Å². The van der Waals surface area contributed by atoms with Gasteiger partial charge in [-0.15, -0.1) is 0 Å². The van der Waals surface area contributed by atoms with Gasteiger partial charge in [0.2, 0.25) is 5.91 Å². The Hall–Kier alpha value is -0.420. The molecule has 0 saturated carbocycles. The lowest BCUT2D eigenvalue weighted by molar-refractivity contribution is -0.130. The molecule has 4 nitrogen and oxygen atoms in total. The first-order valence-corrected chi connectivity index (χ1v) is 9.06. The number of nitrogens with one attached hydrogen (secondary N) is 1. The van der Waals surface area contributed by atoms with Crippen molar-refractivity contribution < 1.29 is 9.00 Å². The monoisotopic (exact) mass is 288 g/mol. The maximum atomic E-state index is 12.4. The third-order valence-corrected chi connectivity index (χ3v) is 4.46. The van der Waals surface area contributed by atoms with Crippen molar-refractivity contribution in [3.05, 3.63) is 0 Å². The van der Waals surface area contributed by atoms with Crippen molar-refractivity contribution in [3.8, 4) is 0 Å². The third-order valence-electron chi connectivity index (χ3n) is 3.60. The van der Waals surface area contributed by atoms with Crippen LogP contribution in [0.4, 0.5) is 0 Å². The van der Waals surface area contributed by atoms with Crippen LogP contribution < -0.4 is 5.32 Å². The van der Waals surface area contributed by atoms with Gasteiger partial charge < -0.3 is 4.90 Å². The SMILES string of the molecule is CCCCC1NC(C(C)C)N(CCCS(C)=O)C1=O. The lowest BCUT2D eigenvalue weighted by Crippen LogP contribution is -2.42. The number of rotatable bonds is 8. The van der Waals surface area contributed by atoms with Crippen molar-refractivity contribution in [3.63, 3.8) is 0 Å². The van der Waals surface area contributed by atoms with Gasteiger partial charge in [-0.3, -0.25) is 14.3 Å². The van der Waals surface area contributed by atoms with E-state index in [-0.39, 0.29) is 18.1 Å². The highest BCUT2D eigenvalue weighted by atomic mass is 32.2. The van der Waals surface area contributed by atoms with Gasteiger partial charge in [0.05, 0.1) is 12.2 Å². The number of carbonyl (C=O) groups excluding carboxylic acids is 1. The van der Waals surface area contributed by atoms with Gasteiger partial charge in [-0.25, -0.2) is 0 Å². The van der Waals surface area contributed by atoms with Crippen LogP contribution in [0, 0.1) is 5.92 Å². The van der Waals surface area contributed by atoms with E-state index in [1.54, 1.807) is 6.26 Å². The zero-order chi connectivity index (χ0) is 14.4. The van der Waals surface area contributed by atoms with Crippen molar-refractivity contribution >= 4 is 16.7 Å². The van der Waals surface area contributed by atoms with Gasteiger partial charge >= 0.3 is 0 Å². The first kappa shape index (κ1) is 16.6. The van der Waals surface area contributed by atoms with Gasteiger partial charge in [0, 0.05) is 29.4 Å². The fourth-order valence-corrected chi connectivity index (χ4v) is 3.10. The van der Waals surface area contributed by atoms with Crippen LogP contribution in [0.3, 0.4) is 0 Å². The number of amides is 1. The summed E-state index contributed by atoms with van der Waals surface area (Å²) in [7, 11) is -0.771. The molecule has 1 saturated heterocycles. The average molecular weight is 288 g/mol. The second-order valence-electron chi connectivity index (χ2n) is 5.71. The Morgan fingerprint density at radius 1 is 1.37 bits per heavy atom. The number of unbranched alkanes of at least 4 members (excludes halogenated alkanes) is 1. The molecule has 0 spiro atoms. The molecule has 0 radical (unpaired) electrons. The normalized spacial score (nSPS) is 25.3.